The third-order valence-corrected chi connectivity index (χ3v) is 4.31. The summed E-state index contributed by atoms with van der Waals surface area (Å²) in [6.07, 6.45) is 3.07. The van der Waals surface area contributed by atoms with Gasteiger partial charge in [0.15, 0.2) is 6.10 Å². The average Bonchev–Trinajstić information content (AvgIpc) is 2.90. The Bertz CT molecular complexity index is 872. The number of unbranched alkanes of at least 4 members (excludes halogenated alkanes) is 2. The number of hydrogen-bond donors (Lipinski definition) is 1. The van der Waals surface area contributed by atoms with Gasteiger partial charge < -0.3 is 14.9 Å². The van der Waals surface area contributed by atoms with Crippen LogP contribution in [-0.2, 0) is 4.79 Å². The summed E-state index contributed by atoms with van der Waals surface area (Å²) in [4.78, 5) is 11.6. The van der Waals surface area contributed by atoms with E-state index in [4.69, 9.17) is 26.5 Å². The normalized spacial score (nSPS) is 12.6. The lowest BCUT2D eigenvalue weighted by Crippen LogP contribution is -2.33. The Morgan fingerprint density at radius 1 is 1.17 bits per heavy atom. The second kappa shape index (κ2) is 7.14. The molecule has 0 aliphatic rings. The molecule has 0 saturated heterocycles. The number of carbonyl (C=O) groups excluding carboxylic acids is 1. The molecule has 1 unspecified atom stereocenters. The number of primary amides is 1. The molecule has 2 N–H and O–H groups in total. The van der Waals surface area contributed by atoms with Gasteiger partial charge in [-0.25, -0.2) is 0 Å². The Hall–Kier alpha value is -2.20. The molecule has 3 rings (SSSR count). The maximum atomic E-state index is 11.6. The van der Waals surface area contributed by atoms with Crippen LogP contribution in [0.15, 0.2) is 40.8 Å². The van der Waals surface area contributed by atoms with E-state index >= 15 is 0 Å². The van der Waals surface area contributed by atoms with Gasteiger partial charge in [0.25, 0.3) is 5.91 Å². The number of carbonyl (C=O) groups is 1. The molecule has 0 fully saturated rings. The Morgan fingerprint density at radius 2 is 2.00 bits per heavy atom. The van der Waals surface area contributed by atoms with Crippen molar-refractivity contribution in [2.75, 3.05) is 0 Å². The zero-order valence-electron chi connectivity index (χ0n) is 13.5. The van der Waals surface area contributed by atoms with Crippen molar-refractivity contribution in [2.45, 2.75) is 38.7 Å². The number of nitrogens with two attached hydrogens (primary N) is 1. The second-order valence-corrected chi connectivity index (χ2v) is 6.34. The minimum Gasteiger partial charge on any atom is -0.481 e. The predicted octanol–water partition coefficient (Wildman–Crippen LogP) is 5.05. The highest BCUT2D eigenvalue weighted by molar-refractivity contribution is 6.31. The maximum absolute atomic E-state index is 11.6. The summed E-state index contributed by atoms with van der Waals surface area (Å²) in [5, 5.41) is 2.51. The molecular weight excluding hydrogens is 326 g/mol. The van der Waals surface area contributed by atoms with Gasteiger partial charge in [0.2, 0.25) is 0 Å². The van der Waals surface area contributed by atoms with Crippen molar-refractivity contribution in [1.29, 1.82) is 0 Å². The fraction of sp³-hybridized carbons (Fsp3) is 0.316. The summed E-state index contributed by atoms with van der Waals surface area (Å²) in [7, 11) is 0. The Kier molecular flexibility index (Phi) is 4.95. The third kappa shape index (κ3) is 3.49. The van der Waals surface area contributed by atoms with Crippen LogP contribution in [0.1, 0.15) is 32.6 Å². The van der Waals surface area contributed by atoms with Crippen molar-refractivity contribution in [2.24, 2.45) is 5.73 Å². The minimum atomic E-state index is -0.610. The van der Waals surface area contributed by atoms with Gasteiger partial charge in [-0.2, -0.15) is 0 Å². The van der Waals surface area contributed by atoms with E-state index in [2.05, 4.69) is 6.92 Å². The van der Waals surface area contributed by atoms with E-state index in [1.165, 1.54) is 0 Å². The molecule has 0 radical (unpaired) electrons. The fourth-order valence-electron chi connectivity index (χ4n) is 2.81. The van der Waals surface area contributed by atoms with Gasteiger partial charge in [-0.3, -0.25) is 4.79 Å². The third-order valence-electron chi connectivity index (χ3n) is 4.07. The number of halogens is 1. The summed E-state index contributed by atoms with van der Waals surface area (Å²) < 4.78 is 11.6. The van der Waals surface area contributed by atoms with E-state index in [1.54, 1.807) is 12.1 Å². The molecular formula is C19H20ClNO3. The number of ether oxygens (including phenoxy) is 1. The van der Waals surface area contributed by atoms with Gasteiger partial charge in [0.1, 0.15) is 16.9 Å². The molecule has 1 atom stereocenters. The van der Waals surface area contributed by atoms with Gasteiger partial charge in [-0.05, 0) is 43.2 Å². The molecule has 24 heavy (non-hydrogen) atoms. The van der Waals surface area contributed by atoms with Gasteiger partial charge in [0, 0.05) is 21.9 Å². The zero-order chi connectivity index (χ0) is 17.1. The molecule has 0 aliphatic heterocycles. The van der Waals surface area contributed by atoms with E-state index in [0.29, 0.717) is 17.2 Å². The predicted molar refractivity (Wildman–Crippen MR) is 96.5 cm³/mol. The van der Waals surface area contributed by atoms with E-state index < -0.39 is 12.0 Å². The molecule has 0 bridgehead atoms. The molecule has 0 spiro atoms. The van der Waals surface area contributed by atoms with Gasteiger partial charge in [0.05, 0.1) is 0 Å². The molecule has 2 aromatic carbocycles. The highest BCUT2D eigenvalue weighted by atomic mass is 35.5. The highest BCUT2D eigenvalue weighted by Gasteiger charge is 2.17. The molecule has 1 aromatic heterocycles. The quantitative estimate of drug-likeness (QED) is 0.609. The van der Waals surface area contributed by atoms with E-state index in [9.17, 15) is 4.79 Å². The Labute approximate surface area is 145 Å². The summed E-state index contributed by atoms with van der Waals surface area (Å²) in [6.45, 7) is 2.12. The van der Waals surface area contributed by atoms with Crippen LogP contribution in [0, 0.1) is 0 Å². The van der Waals surface area contributed by atoms with Crippen LogP contribution in [0.2, 0.25) is 5.02 Å². The molecule has 4 nitrogen and oxygen atoms in total. The van der Waals surface area contributed by atoms with E-state index in [-0.39, 0.29) is 0 Å². The van der Waals surface area contributed by atoms with Crippen molar-refractivity contribution in [3.8, 4) is 5.75 Å². The smallest absolute Gasteiger partial charge is 0.258 e. The molecule has 1 heterocycles. The van der Waals surface area contributed by atoms with Crippen molar-refractivity contribution >= 4 is 39.4 Å². The lowest BCUT2D eigenvalue weighted by Gasteiger charge is -2.15. The summed E-state index contributed by atoms with van der Waals surface area (Å²) in [5.74, 6) is 0.176. The average molecular weight is 346 g/mol. The monoisotopic (exact) mass is 345 g/mol. The van der Waals surface area contributed by atoms with E-state index in [1.807, 2.05) is 24.3 Å². The topological polar surface area (TPSA) is 65.5 Å². The first kappa shape index (κ1) is 16.7. The van der Waals surface area contributed by atoms with Crippen LogP contribution in [0.5, 0.6) is 5.75 Å². The van der Waals surface area contributed by atoms with Crippen LogP contribution in [-0.4, -0.2) is 12.0 Å². The number of amides is 1. The molecule has 3 aromatic rings. The second-order valence-electron chi connectivity index (χ2n) is 5.91. The van der Waals surface area contributed by atoms with Crippen molar-refractivity contribution in [3.05, 3.63) is 41.4 Å². The molecule has 126 valence electrons. The van der Waals surface area contributed by atoms with Gasteiger partial charge in [-0.15, -0.1) is 0 Å². The number of furan rings is 1. The Balaban J connectivity index is 1.88. The standard InChI is InChI=1S/C19H20ClNO3/c1-2-3-4-5-17(19(21)22)23-13-7-9-16-15(11-13)14-8-6-12(20)10-18(14)24-16/h6-11,17H,2-5H2,1H3,(H2,21,22). The first-order valence-corrected chi connectivity index (χ1v) is 8.54. The van der Waals surface area contributed by atoms with Crippen molar-refractivity contribution < 1.29 is 13.9 Å². The highest BCUT2D eigenvalue weighted by Crippen LogP contribution is 2.33. The molecule has 0 saturated carbocycles. The lowest BCUT2D eigenvalue weighted by atomic mass is 10.1. The van der Waals surface area contributed by atoms with Crippen molar-refractivity contribution in [3.63, 3.8) is 0 Å². The first-order chi connectivity index (χ1) is 11.6. The molecule has 0 aliphatic carbocycles. The van der Waals surface area contributed by atoms with Crippen molar-refractivity contribution in [1.82, 2.24) is 0 Å². The Morgan fingerprint density at radius 3 is 2.75 bits per heavy atom. The number of rotatable bonds is 7. The maximum Gasteiger partial charge on any atom is 0.258 e. The summed E-state index contributed by atoms with van der Waals surface area (Å²) in [5.41, 5.74) is 6.95. The van der Waals surface area contributed by atoms with Crippen LogP contribution in [0.4, 0.5) is 0 Å². The SMILES string of the molecule is CCCCCC(Oc1ccc2oc3cc(Cl)ccc3c2c1)C(N)=O. The van der Waals surface area contributed by atoms with Crippen LogP contribution >= 0.6 is 11.6 Å². The van der Waals surface area contributed by atoms with Gasteiger partial charge >= 0.3 is 0 Å². The molecule has 5 heteroatoms. The van der Waals surface area contributed by atoms with E-state index in [0.717, 1.165) is 41.2 Å². The summed E-state index contributed by atoms with van der Waals surface area (Å²) in [6, 6.07) is 11.0. The lowest BCUT2D eigenvalue weighted by molar-refractivity contribution is -0.125. The number of fused-ring (bicyclic) bond motifs is 3. The number of benzene rings is 2. The largest absolute Gasteiger partial charge is 0.481 e. The number of hydrogen-bond acceptors (Lipinski definition) is 3. The van der Waals surface area contributed by atoms with Gasteiger partial charge in [-0.1, -0.05) is 31.4 Å². The minimum absolute atomic E-state index is 0.435. The first-order valence-electron chi connectivity index (χ1n) is 8.16. The molecule has 1 amide bonds. The summed E-state index contributed by atoms with van der Waals surface area (Å²) >= 11 is 6.01. The van der Waals surface area contributed by atoms with Crippen LogP contribution in [0.25, 0.3) is 21.9 Å². The fourth-order valence-corrected chi connectivity index (χ4v) is 2.97. The zero-order valence-corrected chi connectivity index (χ0v) is 14.3. The van der Waals surface area contributed by atoms with Crippen LogP contribution in [0.3, 0.4) is 0 Å². The van der Waals surface area contributed by atoms with Crippen LogP contribution < -0.4 is 10.5 Å².